The molecule has 4 nitrogen and oxygen atoms in total. The zero-order chi connectivity index (χ0) is 15.5. The van der Waals surface area contributed by atoms with Gasteiger partial charge in [0.15, 0.2) is 0 Å². The predicted molar refractivity (Wildman–Crippen MR) is 85.5 cm³/mol. The van der Waals surface area contributed by atoms with Crippen molar-refractivity contribution >= 4 is 17.2 Å². The van der Waals surface area contributed by atoms with Gasteiger partial charge < -0.3 is 5.32 Å². The molecule has 0 unspecified atom stereocenters. The summed E-state index contributed by atoms with van der Waals surface area (Å²) in [4.78, 5) is 21.4. The molecule has 0 aliphatic rings. The van der Waals surface area contributed by atoms with E-state index in [2.05, 4.69) is 43.0 Å². The van der Waals surface area contributed by atoms with Gasteiger partial charge in [-0.15, -0.1) is 11.3 Å². The number of nitrogens with zero attached hydrogens (tertiary/aromatic N) is 2. The third kappa shape index (κ3) is 3.88. The first-order valence-electron chi connectivity index (χ1n) is 7.09. The molecule has 1 atom stereocenters. The molecule has 2 aromatic rings. The van der Waals surface area contributed by atoms with Gasteiger partial charge in [0.1, 0.15) is 4.88 Å². The number of thiazole rings is 1. The number of hydrogen-bond acceptors (Lipinski definition) is 4. The molecule has 0 spiro atoms. The number of carbonyl (C=O) groups is 1. The number of hydrogen-bond donors (Lipinski definition) is 1. The summed E-state index contributed by atoms with van der Waals surface area (Å²) in [5.74, 6) is -0.0633. The van der Waals surface area contributed by atoms with E-state index in [4.69, 9.17) is 0 Å². The lowest BCUT2D eigenvalue weighted by molar-refractivity contribution is 0.0939. The third-order valence-electron chi connectivity index (χ3n) is 3.19. The van der Waals surface area contributed by atoms with Gasteiger partial charge >= 0.3 is 0 Å². The monoisotopic (exact) mass is 303 g/mol. The highest BCUT2D eigenvalue weighted by molar-refractivity contribution is 7.13. The van der Waals surface area contributed by atoms with E-state index in [-0.39, 0.29) is 17.4 Å². The molecule has 0 aromatic carbocycles. The van der Waals surface area contributed by atoms with Crippen LogP contribution in [0.1, 0.15) is 60.4 Å². The van der Waals surface area contributed by atoms with Gasteiger partial charge in [0.2, 0.25) is 0 Å². The molecule has 2 heterocycles. The molecule has 5 heteroatoms. The maximum atomic E-state index is 12.4. The SMILES string of the molecule is CC[C@H](NC(=O)c1cnc(C(C)(C)C)s1)c1ccncc1. The van der Waals surface area contributed by atoms with Gasteiger partial charge in [-0.1, -0.05) is 27.7 Å². The van der Waals surface area contributed by atoms with Crippen molar-refractivity contribution in [2.75, 3.05) is 0 Å². The minimum Gasteiger partial charge on any atom is -0.344 e. The van der Waals surface area contributed by atoms with Crippen LogP contribution >= 0.6 is 11.3 Å². The van der Waals surface area contributed by atoms with Gasteiger partial charge in [0.25, 0.3) is 5.91 Å². The molecule has 0 bridgehead atoms. The lowest BCUT2D eigenvalue weighted by Gasteiger charge is -2.16. The van der Waals surface area contributed by atoms with Crippen LogP contribution in [0.2, 0.25) is 0 Å². The summed E-state index contributed by atoms with van der Waals surface area (Å²) in [5.41, 5.74) is 1.04. The number of rotatable bonds is 4. The summed E-state index contributed by atoms with van der Waals surface area (Å²) in [6.45, 7) is 8.34. The van der Waals surface area contributed by atoms with Crippen LogP contribution in [0.25, 0.3) is 0 Å². The van der Waals surface area contributed by atoms with Crippen molar-refractivity contribution in [2.45, 2.75) is 45.6 Å². The molecule has 0 saturated carbocycles. The Labute approximate surface area is 129 Å². The van der Waals surface area contributed by atoms with Gasteiger partial charge in [-0.2, -0.15) is 0 Å². The van der Waals surface area contributed by atoms with Crippen molar-refractivity contribution in [3.63, 3.8) is 0 Å². The van der Waals surface area contributed by atoms with Gasteiger partial charge in [0, 0.05) is 17.8 Å². The zero-order valence-electron chi connectivity index (χ0n) is 12.9. The standard InChI is InChI=1S/C16H21N3OS/c1-5-12(11-6-8-17-9-7-11)19-14(20)13-10-18-15(21-13)16(2,3)4/h6-10,12H,5H2,1-4H3,(H,19,20)/t12-/m0/s1. The number of amides is 1. The van der Waals surface area contributed by atoms with Gasteiger partial charge in [-0.25, -0.2) is 4.98 Å². The maximum Gasteiger partial charge on any atom is 0.263 e. The fraction of sp³-hybridized carbons (Fsp3) is 0.438. The van der Waals surface area contributed by atoms with Crippen molar-refractivity contribution in [2.24, 2.45) is 0 Å². The first-order chi connectivity index (χ1) is 9.91. The Balaban J connectivity index is 2.12. The second-order valence-electron chi connectivity index (χ2n) is 5.99. The van der Waals surface area contributed by atoms with Crippen molar-refractivity contribution < 1.29 is 4.79 Å². The molecule has 0 aliphatic carbocycles. The first-order valence-corrected chi connectivity index (χ1v) is 7.90. The van der Waals surface area contributed by atoms with Crippen LogP contribution in [0.5, 0.6) is 0 Å². The van der Waals surface area contributed by atoms with Crippen LogP contribution in [0, 0.1) is 0 Å². The second-order valence-corrected chi connectivity index (χ2v) is 7.03. The highest BCUT2D eigenvalue weighted by Crippen LogP contribution is 2.27. The molecule has 21 heavy (non-hydrogen) atoms. The topological polar surface area (TPSA) is 54.9 Å². The molecule has 2 rings (SSSR count). The molecular formula is C16H21N3OS. The Bertz CT molecular complexity index is 601. The first kappa shape index (κ1) is 15.6. The van der Waals surface area contributed by atoms with E-state index in [0.29, 0.717) is 4.88 Å². The quantitative estimate of drug-likeness (QED) is 0.936. The van der Waals surface area contributed by atoms with E-state index >= 15 is 0 Å². The fourth-order valence-electron chi connectivity index (χ4n) is 1.97. The van der Waals surface area contributed by atoms with Crippen LogP contribution in [0.4, 0.5) is 0 Å². The average Bonchev–Trinajstić information content (AvgIpc) is 2.95. The van der Waals surface area contributed by atoms with E-state index in [1.54, 1.807) is 18.6 Å². The smallest absolute Gasteiger partial charge is 0.263 e. The molecule has 0 saturated heterocycles. The Morgan fingerprint density at radius 2 is 2.00 bits per heavy atom. The Morgan fingerprint density at radius 3 is 2.52 bits per heavy atom. The lowest BCUT2D eigenvalue weighted by Crippen LogP contribution is -2.27. The Hall–Kier alpha value is -1.75. The molecule has 0 fully saturated rings. The van der Waals surface area contributed by atoms with Crippen LogP contribution < -0.4 is 5.32 Å². The van der Waals surface area contributed by atoms with E-state index in [9.17, 15) is 4.79 Å². The average molecular weight is 303 g/mol. The van der Waals surface area contributed by atoms with E-state index in [0.717, 1.165) is 17.0 Å². The summed E-state index contributed by atoms with van der Waals surface area (Å²) < 4.78 is 0. The highest BCUT2D eigenvalue weighted by Gasteiger charge is 2.21. The van der Waals surface area contributed by atoms with Gasteiger partial charge in [0.05, 0.1) is 17.2 Å². The number of carbonyl (C=O) groups excluding carboxylic acids is 1. The maximum absolute atomic E-state index is 12.4. The van der Waals surface area contributed by atoms with E-state index in [1.807, 2.05) is 12.1 Å². The third-order valence-corrected chi connectivity index (χ3v) is 4.61. The van der Waals surface area contributed by atoms with Crippen molar-refractivity contribution in [1.29, 1.82) is 0 Å². The molecule has 1 N–H and O–H groups in total. The van der Waals surface area contributed by atoms with Crippen LogP contribution in [0.3, 0.4) is 0 Å². The summed E-state index contributed by atoms with van der Waals surface area (Å²) in [6, 6.07) is 3.87. The largest absolute Gasteiger partial charge is 0.344 e. The van der Waals surface area contributed by atoms with Crippen molar-refractivity contribution in [3.05, 3.63) is 46.2 Å². The fourth-order valence-corrected chi connectivity index (χ4v) is 2.85. The molecule has 2 aromatic heterocycles. The normalized spacial score (nSPS) is 13.0. The Morgan fingerprint density at radius 1 is 1.33 bits per heavy atom. The van der Waals surface area contributed by atoms with E-state index < -0.39 is 0 Å². The summed E-state index contributed by atoms with van der Waals surface area (Å²) >= 11 is 1.46. The van der Waals surface area contributed by atoms with Crippen LogP contribution in [-0.2, 0) is 5.41 Å². The molecule has 0 aliphatic heterocycles. The van der Waals surface area contributed by atoms with Crippen molar-refractivity contribution in [1.82, 2.24) is 15.3 Å². The number of aromatic nitrogens is 2. The van der Waals surface area contributed by atoms with E-state index in [1.165, 1.54) is 11.3 Å². The van der Waals surface area contributed by atoms with Gasteiger partial charge in [-0.05, 0) is 24.1 Å². The molecule has 1 amide bonds. The van der Waals surface area contributed by atoms with Crippen LogP contribution in [-0.4, -0.2) is 15.9 Å². The Kier molecular flexibility index (Phi) is 4.73. The number of nitrogens with one attached hydrogen (secondary N) is 1. The van der Waals surface area contributed by atoms with Gasteiger partial charge in [-0.3, -0.25) is 9.78 Å². The minimum absolute atomic E-state index is 0.000636. The molecule has 0 radical (unpaired) electrons. The van der Waals surface area contributed by atoms with Crippen molar-refractivity contribution in [3.8, 4) is 0 Å². The molecule has 112 valence electrons. The zero-order valence-corrected chi connectivity index (χ0v) is 13.7. The highest BCUT2D eigenvalue weighted by atomic mass is 32.1. The predicted octanol–water partition coefficient (Wildman–Crippen LogP) is 3.72. The second kappa shape index (κ2) is 6.35. The summed E-state index contributed by atoms with van der Waals surface area (Å²) in [5, 5.41) is 4.04. The summed E-state index contributed by atoms with van der Waals surface area (Å²) in [6.07, 6.45) is 5.99. The lowest BCUT2D eigenvalue weighted by atomic mass is 9.98. The summed E-state index contributed by atoms with van der Waals surface area (Å²) in [7, 11) is 0. The number of pyridine rings is 1. The minimum atomic E-state index is -0.0633. The van der Waals surface area contributed by atoms with Crippen LogP contribution in [0.15, 0.2) is 30.7 Å². The molecular weight excluding hydrogens is 282 g/mol.